The van der Waals surface area contributed by atoms with Crippen molar-refractivity contribution in [3.8, 4) is 0 Å². The third-order valence-corrected chi connectivity index (χ3v) is 19.4. The van der Waals surface area contributed by atoms with E-state index in [1.165, 1.54) is 205 Å². The number of unbranched alkanes of at least 4 members (excludes halogenated alkanes) is 44. The fourth-order valence-electron chi connectivity index (χ4n) is 11.5. The molecular formula is C75H146O17P2. The molecule has 5 atom stereocenters. The maximum absolute atomic E-state index is 13.1. The van der Waals surface area contributed by atoms with E-state index >= 15 is 0 Å². The van der Waals surface area contributed by atoms with E-state index in [0.29, 0.717) is 25.7 Å². The lowest BCUT2D eigenvalue weighted by Gasteiger charge is -2.21. The Hall–Kier alpha value is -1.94. The second-order valence-electron chi connectivity index (χ2n) is 28.0. The molecule has 0 aromatic heterocycles. The largest absolute Gasteiger partial charge is 0.472 e. The molecule has 3 N–H and O–H groups in total. The number of carbonyl (C=O) groups is 4. The maximum Gasteiger partial charge on any atom is 0.472 e. The molecule has 0 bridgehead atoms. The Morgan fingerprint density at radius 1 is 0.287 bits per heavy atom. The van der Waals surface area contributed by atoms with Crippen LogP contribution in [0.15, 0.2) is 0 Å². The third kappa shape index (κ3) is 68.6. The van der Waals surface area contributed by atoms with Crippen LogP contribution < -0.4 is 0 Å². The van der Waals surface area contributed by atoms with Gasteiger partial charge in [-0.05, 0) is 37.5 Å². The molecule has 0 radical (unpaired) electrons. The van der Waals surface area contributed by atoms with Gasteiger partial charge in [0, 0.05) is 25.7 Å². The number of hydrogen-bond donors (Lipinski definition) is 3. The Balaban J connectivity index is 5.26. The summed E-state index contributed by atoms with van der Waals surface area (Å²) in [6.07, 6.45) is 54.0. The van der Waals surface area contributed by atoms with Crippen LogP contribution in [0.1, 0.15) is 388 Å². The van der Waals surface area contributed by atoms with E-state index < -0.39 is 97.5 Å². The van der Waals surface area contributed by atoms with Crippen molar-refractivity contribution in [2.75, 3.05) is 39.6 Å². The van der Waals surface area contributed by atoms with Gasteiger partial charge in [-0.15, -0.1) is 0 Å². The summed E-state index contributed by atoms with van der Waals surface area (Å²) >= 11 is 0. The van der Waals surface area contributed by atoms with Gasteiger partial charge in [0.1, 0.15) is 19.3 Å². The summed E-state index contributed by atoms with van der Waals surface area (Å²) in [5.41, 5.74) is 0. The lowest BCUT2D eigenvalue weighted by molar-refractivity contribution is -0.161. The molecule has 0 aliphatic carbocycles. The molecule has 0 saturated carbocycles. The van der Waals surface area contributed by atoms with Gasteiger partial charge in [0.15, 0.2) is 12.2 Å². The highest BCUT2D eigenvalue weighted by molar-refractivity contribution is 7.47. The Morgan fingerprint density at radius 2 is 0.489 bits per heavy atom. The van der Waals surface area contributed by atoms with Crippen LogP contribution in [0, 0.1) is 11.8 Å². The number of aliphatic hydroxyl groups excluding tert-OH is 1. The van der Waals surface area contributed by atoms with Crippen LogP contribution in [0.3, 0.4) is 0 Å². The highest BCUT2D eigenvalue weighted by Crippen LogP contribution is 2.45. The molecule has 558 valence electrons. The lowest BCUT2D eigenvalue weighted by Crippen LogP contribution is -2.30. The van der Waals surface area contributed by atoms with E-state index in [4.69, 9.17) is 37.0 Å². The minimum Gasteiger partial charge on any atom is -0.462 e. The molecule has 0 fully saturated rings. The first kappa shape index (κ1) is 92.1. The number of phosphoric acid groups is 2. The standard InChI is InChI=1S/C75H146O17P2/c1-7-9-11-13-15-17-19-21-23-25-27-32-39-45-51-57-72(77)85-63-70(91-74(79)59-53-47-41-33-28-26-24-22-20-18-16-14-12-10-8-2)65-89-93(81,82)87-61-69(76)62-88-94(83,84)90-66-71(64-86-73(78)58-52-46-40-36-35-38-44-50-56-68(5)6)92-75(80)60-54-48-42-34-30-29-31-37-43-49-55-67(3)4/h67-71,76H,7-66H2,1-6H3,(H,81,82)(H,83,84)/t69-,70-,71-/m1/s1. The molecule has 0 aromatic rings. The van der Waals surface area contributed by atoms with E-state index in [1.54, 1.807) is 0 Å². The number of carbonyl (C=O) groups excluding carboxylic acids is 4. The van der Waals surface area contributed by atoms with E-state index in [2.05, 4.69) is 41.5 Å². The van der Waals surface area contributed by atoms with Crippen LogP contribution in [0.25, 0.3) is 0 Å². The zero-order valence-corrected chi connectivity index (χ0v) is 63.1. The molecule has 19 heteroatoms. The van der Waals surface area contributed by atoms with Gasteiger partial charge in [-0.25, -0.2) is 9.13 Å². The highest BCUT2D eigenvalue weighted by Gasteiger charge is 2.30. The van der Waals surface area contributed by atoms with Crippen LogP contribution in [0.2, 0.25) is 0 Å². The maximum atomic E-state index is 13.1. The number of hydrogen-bond acceptors (Lipinski definition) is 15. The van der Waals surface area contributed by atoms with E-state index in [9.17, 15) is 43.2 Å². The minimum atomic E-state index is -4.96. The summed E-state index contributed by atoms with van der Waals surface area (Å²) < 4.78 is 68.5. The van der Waals surface area contributed by atoms with Crippen molar-refractivity contribution < 1.29 is 80.2 Å². The molecule has 0 rings (SSSR count). The average molecular weight is 1380 g/mol. The summed E-state index contributed by atoms with van der Waals surface area (Å²) in [6.45, 7) is 9.55. The first-order valence-corrected chi connectivity index (χ1v) is 42.0. The quantitative estimate of drug-likeness (QED) is 0.0222. The fourth-order valence-corrected chi connectivity index (χ4v) is 13.1. The zero-order chi connectivity index (χ0) is 69.3. The molecule has 0 amide bonds. The number of esters is 4. The van der Waals surface area contributed by atoms with Crippen molar-refractivity contribution in [2.24, 2.45) is 11.8 Å². The number of ether oxygens (including phenoxy) is 4. The Bertz CT molecular complexity index is 1820. The monoisotopic (exact) mass is 1380 g/mol. The van der Waals surface area contributed by atoms with Gasteiger partial charge in [-0.3, -0.25) is 37.3 Å². The fraction of sp³-hybridized carbons (Fsp3) is 0.947. The van der Waals surface area contributed by atoms with Crippen molar-refractivity contribution in [1.29, 1.82) is 0 Å². The summed E-state index contributed by atoms with van der Waals surface area (Å²) in [4.78, 5) is 72.8. The van der Waals surface area contributed by atoms with Gasteiger partial charge in [0.05, 0.1) is 26.4 Å². The predicted molar refractivity (Wildman–Crippen MR) is 381 cm³/mol. The number of aliphatic hydroxyl groups is 1. The number of rotatable bonds is 74. The van der Waals surface area contributed by atoms with Crippen molar-refractivity contribution in [1.82, 2.24) is 0 Å². The molecule has 0 spiro atoms. The van der Waals surface area contributed by atoms with Crippen molar-refractivity contribution in [3.63, 3.8) is 0 Å². The van der Waals surface area contributed by atoms with E-state index in [-0.39, 0.29) is 25.7 Å². The van der Waals surface area contributed by atoms with Crippen molar-refractivity contribution >= 4 is 39.5 Å². The van der Waals surface area contributed by atoms with Crippen LogP contribution in [-0.4, -0.2) is 96.7 Å². The molecule has 2 unspecified atom stereocenters. The zero-order valence-electron chi connectivity index (χ0n) is 61.3. The molecule has 0 saturated heterocycles. The second-order valence-corrected chi connectivity index (χ2v) is 30.9. The molecule has 0 heterocycles. The average Bonchev–Trinajstić information content (AvgIpc) is 1.71. The molecule has 94 heavy (non-hydrogen) atoms. The Kier molecular flexibility index (Phi) is 65.5. The summed E-state index contributed by atoms with van der Waals surface area (Å²) in [7, 11) is -9.91. The third-order valence-electron chi connectivity index (χ3n) is 17.5. The van der Waals surface area contributed by atoms with Gasteiger partial charge >= 0.3 is 39.5 Å². The van der Waals surface area contributed by atoms with E-state index in [1.807, 2.05) is 0 Å². The van der Waals surface area contributed by atoms with Gasteiger partial charge in [0.2, 0.25) is 0 Å². The SMILES string of the molecule is CCCCCCCCCCCCCCCCCC(=O)OC[C@H](COP(=O)(O)OC[C@@H](O)COP(=O)(O)OC[C@@H](COC(=O)CCCCCCCCCCC(C)C)OC(=O)CCCCCCCCCCCCC(C)C)OC(=O)CCCCCCCCCCCCCCCCC. The molecule has 0 aliphatic heterocycles. The first-order chi connectivity index (χ1) is 45.4. The number of phosphoric ester groups is 2. The summed E-state index contributed by atoms with van der Waals surface area (Å²) in [5.74, 6) is -0.637. The topological polar surface area (TPSA) is 237 Å². The smallest absolute Gasteiger partial charge is 0.462 e. The second kappa shape index (κ2) is 66.9. The minimum absolute atomic E-state index is 0.106. The molecule has 17 nitrogen and oxygen atoms in total. The molecule has 0 aromatic carbocycles. The van der Waals surface area contributed by atoms with Gasteiger partial charge in [-0.2, -0.15) is 0 Å². The van der Waals surface area contributed by atoms with E-state index in [0.717, 1.165) is 102 Å². The van der Waals surface area contributed by atoms with Crippen molar-refractivity contribution in [3.05, 3.63) is 0 Å². The van der Waals surface area contributed by atoms with Crippen LogP contribution in [-0.2, 0) is 65.4 Å². The Labute approximate surface area is 575 Å². The summed E-state index contributed by atoms with van der Waals surface area (Å²) in [6, 6.07) is 0. The highest BCUT2D eigenvalue weighted by atomic mass is 31.2. The first-order valence-electron chi connectivity index (χ1n) is 39.0. The molecule has 0 aliphatic rings. The summed E-state index contributed by atoms with van der Waals surface area (Å²) in [5, 5.41) is 10.6. The van der Waals surface area contributed by atoms with Gasteiger partial charge in [-0.1, -0.05) is 337 Å². The van der Waals surface area contributed by atoms with Gasteiger partial charge in [0.25, 0.3) is 0 Å². The van der Waals surface area contributed by atoms with Crippen LogP contribution in [0.5, 0.6) is 0 Å². The van der Waals surface area contributed by atoms with Crippen LogP contribution >= 0.6 is 15.6 Å². The van der Waals surface area contributed by atoms with Gasteiger partial charge < -0.3 is 33.8 Å². The predicted octanol–water partition coefficient (Wildman–Crippen LogP) is 21.9. The Morgan fingerprint density at radius 3 is 0.723 bits per heavy atom. The van der Waals surface area contributed by atoms with Crippen molar-refractivity contribution in [2.45, 2.75) is 407 Å². The molecular weight excluding hydrogens is 1230 g/mol. The normalized spacial score (nSPS) is 14.0. The lowest BCUT2D eigenvalue weighted by atomic mass is 10.0. The van der Waals surface area contributed by atoms with Crippen LogP contribution in [0.4, 0.5) is 0 Å².